The van der Waals surface area contributed by atoms with E-state index in [1.54, 1.807) is 6.07 Å². The number of rotatable bonds is 1. The van der Waals surface area contributed by atoms with Crippen molar-refractivity contribution in [3.05, 3.63) is 42.0 Å². The molecule has 0 saturated heterocycles. The van der Waals surface area contributed by atoms with E-state index < -0.39 is 0 Å². The molecule has 2 heterocycles. The molecule has 0 amide bonds. The van der Waals surface area contributed by atoms with E-state index in [2.05, 4.69) is 22.2 Å². The zero-order valence-electron chi connectivity index (χ0n) is 10.6. The Bertz CT molecular complexity index is 648. The Balaban J connectivity index is 2.14. The van der Waals surface area contributed by atoms with Crippen molar-refractivity contribution in [3.8, 4) is 0 Å². The molecule has 1 unspecified atom stereocenters. The summed E-state index contributed by atoms with van der Waals surface area (Å²) >= 11 is 0. The largest absolute Gasteiger partial charge is 0.384 e. The minimum Gasteiger partial charge on any atom is -0.384 e. The predicted octanol–water partition coefficient (Wildman–Crippen LogP) is 2.18. The number of pyridine rings is 1. The van der Waals surface area contributed by atoms with Gasteiger partial charge in [-0.1, -0.05) is 30.3 Å². The lowest BCUT2D eigenvalue weighted by molar-refractivity contribution is 1.02. The fraction of sp³-hybridized carbons (Fsp3) is 0.143. The van der Waals surface area contributed by atoms with Crippen LogP contribution in [0.1, 0.15) is 12.5 Å². The van der Waals surface area contributed by atoms with Crippen molar-refractivity contribution in [2.24, 2.45) is 4.99 Å². The zero-order valence-corrected chi connectivity index (χ0v) is 10.6. The molecule has 5 nitrogen and oxygen atoms in total. The minimum absolute atomic E-state index is 0.0936. The summed E-state index contributed by atoms with van der Waals surface area (Å²) in [6.07, 6.45) is 0. The molecule has 0 fully saturated rings. The van der Waals surface area contributed by atoms with Crippen molar-refractivity contribution in [2.75, 3.05) is 16.8 Å². The van der Waals surface area contributed by atoms with Crippen LogP contribution in [0.5, 0.6) is 0 Å². The Kier molecular flexibility index (Phi) is 2.59. The van der Waals surface area contributed by atoms with E-state index >= 15 is 0 Å². The van der Waals surface area contributed by atoms with Gasteiger partial charge in [0.2, 0.25) is 0 Å². The summed E-state index contributed by atoms with van der Waals surface area (Å²) in [6, 6.07) is 11.9. The Morgan fingerprint density at radius 1 is 1.16 bits per heavy atom. The highest BCUT2D eigenvalue weighted by Gasteiger charge is 2.22. The molecule has 1 atom stereocenters. The third-order valence-corrected chi connectivity index (χ3v) is 3.12. The first kappa shape index (κ1) is 11.5. The zero-order chi connectivity index (χ0) is 13.4. The summed E-state index contributed by atoms with van der Waals surface area (Å²) in [7, 11) is 0. The van der Waals surface area contributed by atoms with Crippen LogP contribution in [0.25, 0.3) is 0 Å². The Hall–Kier alpha value is -2.56. The summed E-state index contributed by atoms with van der Waals surface area (Å²) in [6.45, 7) is 2.06. The molecule has 2 aromatic rings. The molecule has 1 aromatic heterocycles. The number of nitrogen functional groups attached to an aromatic ring is 2. The topological polar surface area (TPSA) is 89.3 Å². The highest BCUT2D eigenvalue weighted by Crippen LogP contribution is 2.36. The number of nitrogens with two attached hydrogens (primary N) is 2. The third-order valence-electron chi connectivity index (χ3n) is 3.12. The number of aromatic nitrogens is 1. The van der Waals surface area contributed by atoms with Gasteiger partial charge in [0.05, 0.1) is 17.4 Å². The molecular formula is C14H15N5. The maximum Gasteiger partial charge on any atom is 0.153 e. The molecular weight excluding hydrogens is 238 g/mol. The molecule has 5 heteroatoms. The normalized spacial score (nSPS) is 17.3. The number of fused-ring (bicyclic) bond motifs is 1. The van der Waals surface area contributed by atoms with Crippen molar-refractivity contribution in [1.82, 2.24) is 4.98 Å². The standard InChI is InChI=1S/C14H15N5/c1-8-12(9-5-3-2-4-6-9)19-13-10(17-8)7-11(15)18-14(13)16/h2-8,17H,1H3,(H4,15,16,18). The molecule has 96 valence electrons. The van der Waals surface area contributed by atoms with Crippen LogP contribution in [0.3, 0.4) is 0 Å². The maximum absolute atomic E-state index is 5.89. The van der Waals surface area contributed by atoms with Crippen molar-refractivity contribution in [2.45, 2.75) is 13.0 Å². The van der Waals surface area contributed by atoms with Gasteiger partial charge in [0.15, 0.2) is 5.82 Å². The quantitative estimate of drug-likeness (QED) is 0.726. The van der Waals surface area contributed by atoms with Crippen molar-refractivity contribution in [3.63, 3.8) is 0 Å². The van der Waals surface area contributed by atoms with Gasteiger partial charge in [-0.15, -0.1) is 0 Å². The van der Waals surface area contributed by atoms with Gasteiger partial charge < -0.3 is 16.8 Å². The van der Waals surface area contributed by atoms with E-state index in [1.165, 1.54) is 0 Å². The van der Waals surface area contributed by atoms with Crippen LogP contribution in [0.15, 0.2) is 41.4 Å². The van der Waals surface area contributed by atoms with E-state index in [4.69, 9.17) is 11.5 Å². The van der Waals surface area contributed by atoms with Crippen LogP contribution in [0.2, 0.25) is 0 Å². The van der Waals surface area contributed by atoms with E-state index in [0.717, 1.165) is 17.0 Å². The fourth-order valence-corrected chi connectivity index (χ4v) is 2.25. The van der Waals surface area contributed by atoms with Gasteiger partial charge in [-0.2, -0.15) is 0 Å². The predicted molar refractivity (Wildman–Crippen MR) is 78.8 cm³/mol. The van der Waals surface area contributed by atoms with Gasteiger partial charge >= 0.3 is 0 Å². The first-order valence-corrected chi connectivity index (χ1v) is 6.11. The number of anilines is 3. The highest BCUT2D eigenvalue weighted by molar-refractivity contribution is 6.10. The summed E-state index contributed by atoms with van der Waals surface area (Å²) in [4.78, 5) is 8.70. The van der Waals surface area contributed by atoms with Crippen molar-refractivity contribution >= 4 is 28.7 Å². The first-order valence-electron chi connectivity index (χ1n) is 6.11. The van der Waals surface area contributed by atoms with Gasteiger partial charge in [-0.25, -0.2) is 9.98 Å². The van der Waals surface area contributed by atoms with Gasteiger partial charge in [0.1, 0.15) is 11.5 Å². The van der Waals surface area contributed by atoms with Crippen molar-refractivity contribution < 1.29 is 0 Å². The Labute approximate surface area is 111 Å². The summed E-state index contributed by atoms with van der Waals surface area (Å²) < 4.78 is 0. The SMILES string of the molecule is CC1Nc2cc(N)nc(N)c2N=C1c1ccccc1. The number of nitrogens with zero attached hydrogens (tertiary/aromatic N) is 2. The van der Waals surface area contributed by atoms with E-state index in [-0.39, 0.29) is 6.04 Å². The first-order chi connectivity index (χ1) is 9.15. The molecule has 0 saturated carbocycles. The molecule has 1 aromatic carbocycles. The van der Waals surface area contributed by atoms with Gasteiger partial charge in [0.25, 0.3) is 0 Å². The molecule has 0 spiro atoms. The molecule has 0 radical (unpaired) electrons. The van der Waals surface area contributed by atoms with Gasteiger partial charge in [0, 0.05) is 6.07 Å². The summed E-state index contributed by atoms with van der Waals surface area (Å²) in [5.74, 6) is 0.747. The maximum atomic E-state index is 5.89. The average molecular weight is 253 g/mol. The highest BCUT2D eigenvalue weighted by atomic mass is 15.1. The smallest absolute Gasteiger partial charge is 0.153 e. The monoisotopic (exact) mass is 253 g/mol. The summed E-state index contributed by atoms with van der Waals surface area (Å²) in [5, 5.41) is 3.36. The second-order valence-corrected chi connectivity index (χ2v) is 4.56. The number of nitrogens with one attached hydrogen (secondary N) is 1. The van der Waals surface area contributed by atoms with Crippen LogP contribution in [-0.4, -0.2) is 16.7 Å². The van der Waals surface area contributed by atoms with Gasteiger partial charge in [-0.3, -0.25) is 0 Å². The summed E-state index contributed by atoms with van der Waals surface area (Å²) in [5.41, 5.74) is 15.1. The minimum atomic E-state index is 0.0936. The Morgan fingerprint density at radius 2 is 1.89 bits per heavy atom. The molecule has 1 aliphatic heterocycles. The van der Waals surface area contributed by atoms with E-state index in [1.807, 2.05) is 30.3 Å². The number of hydrogen-bond donors (Lipinski definition) is 3. The molecule has 1 aliphatic rings. The lowest BCUT2D eigenvalue weighted by Gasteiger charge is -2.25. The van der Waals surface area contributed by atoms with Crippen LogP contribution in [-0.2, 0) is 0 Å². The van der Waals surface area contributed by atoms with Crippen molar-refractivity contribution in [1.29, 1.82) is 0 Å². The molecule has 0 aliphatic carbocycles. The lowest BCUT2D eigenvalue weighted by atomic mass is 10.0. The Morgan fingerprint density at radius 3 is 2.63 bits per heavy atom. The van der Waals surface area contributed by atoms with E-state index in [9.17, 15) is 0 Å². The third kappa shape index (κ3) is 1.99. The fourth-order valence-electron chi connectivity index (χ4n) is 2.25. The van der Waals surface area contributed by atoms with Crippen LogP contribution in [0.4, 0.5) is 23.0 Å². The number of aliphatic imine (C=N–C) groups is 1. The van der Waals surface area contributed by atoms with Crippen LogP contribution < -0.4 is 16.8 Å². The van der Waals surface area contributed by atoms with Crippen LogP contribution >= 0.6 is 0 Å². The average Bonchev–Trinajstić information content (AvgIpc) is 2.38. The van der Waals surface area contributed by atoms with E-state index in [0.29, 0.717) is 17.3 Å². The molecule has 5 N–H and O–H groups in total. The van der Waals surface area contributed by atoms with Gasteiger partial charge in [-0.05, 0) is 12.5 Å². The number of benzene rings is 1. The van der Waals surface area contributed by atoms with Crippen LogP contribution in [0, 0.1) is 0 Å². The second kappa shape index (κ2) is 4.28. The molecule has 3 rings (SSSR count). The second-order valence-electron chi connectivity index (χ2n) is 4.56. The lowest BCUT2D eigenvalue weighted by Crippen LogP contribution is -2.30. The number of hydrogen-bond acceptors (Lipinski definition) is 5. The molecule has 19 heavy (non-hydrogen) atoms. The molecule has 0 bridgehead atoms.